The highest BCUT2D eigenvalue weighted by atomic mass is 35.5. The zero-order valence-electron chi connectivity index (χ0n) is 11.9. The normalized spacial score (nSPS) is 10.7. The summed E-state index contributed by atoms with van der Waals surface area (Å²) in [5.74, 6) is 0.00236. The third-order valence-electron chi connectivity index (χ3n) is 2.67. The fourth-order valence-electron chi connectivity index (χ4n) is 1.68. The molecule has 0 aliphatic carbocycles. The summed E-state index contributed by atoms with van der Waals surface area (Å²) >= 11 is 7.21. The van der Waals surface area contributed by atoms with Gasteiger partial charge >= 0.3 is 5.97 Å². The van der Waals surface area contributed by atoms with E-state index < -0.39 is 0 Å². The molecule has 0 amide bonds. The molecule has 0 atom stereocenters. The molecular weight excluding hydrogens is 308 g/mol. The topological polar surface area (TPSA) is 51.2 Å². The van der Waals surface area contributed by atoms with E-state index in [0.29, 0.717) is 29.1 Å². The molecule has 0 aliphatic rings. The minimum atomic E-state index is -0.311. The fourth-order valence-corrected chi connectivity index (χ4v) is 2.60. The van der Waals surface area contributed by atoms with Crippen LogP contribution in [0.3, 0.4) is 0 Å². The number of halogens is 1. The molecule has 4 nitrogen and oxygen atoms in total. The number of benzene rings is 1. The van der Waals surface area contributed by atoms with Gasteiger partial charge in [0.2, 0.25) is 0 Å². The standard InChI is InChI=1S/C15H17ClN2O2S/c1-10(2)9-20-14(19)12-5-3-4-6-13(12)17-7-11-8-18-15(16)21-11/h3-6,8,10,17H,7,9H2,1-2H3. The number of carbonyl (C=O) groups is 1. The summed E-state index contributed by atoms with van der Waals surface area (Å²) in [6.07, 6.45) is 1.72. The number of rotatable bonds is 6. The van der Waals surface area contributed by atoms with E-state index >= 15 is 0 Å². The molecule has 0 spiro atoms. The van der Waals surface area contributed by atoms with Crippen molar-refractivity contribution in [1.29, 1.82) is 0 Å². The van der Waals surface area contributed by atoms with Crippen LogP contribution in [0.5, 0.6) is 0 Å². The Hall–Kier alpha value is -1.59. The van der Waals surface area contributed by atoms with Crippen molar-refractivity contribution in [3.8, 4) is 0 Å². The van der Waals surface area contributed by atoms with Gasteiger partial charge in [0.05, 0.1) is 18.7 Å². The number of hydrogen-bond donors (Lipinski definition) is 1. The van der Waals surface area contributed by atoms with Gasteiger partial charge in [-0.15, -0.1) is 11.3 Å². The van der Waals surface area contributed by atoms with E-state index in [9.17, 15) is 4.79 Å². The maximum absolute atomic E-state index is 12.1. The lowest BCUT2D eigenvalue weighted by Crippen LogP contribution is -2.12. The van der Waals surface area contributed by atoms with Gasteiger partial charge in [0.15, 0.2) is 4.47 Å². The average Bonchev–Trinajstić information content (AvgIpc) is 2.88. The molecular formula is C15H17ClN2O2S. The molecule has 1 N–H and O–H groups in total. The Morgan fingerprint density at radius 1 is 1.43 bits per heavy atom. The Morgan fingerprint density at radius 2 is 2.19 bits per heavy atom. The second kappa shape index (κ2) is 7.43. The number of ether oxygens (including phenoxy) is 1. The molecule has 1 aromatic carbocycles. The summed E-state index contributed by atoms with van der Waals surface area (Å²) in [6.45, 7) is 4.99. The molecule has 0 fully saturated rings. The number of para-hydroxylation sites is 1. The van der Waals surface area contributed by atoms with Gasteiger partial charge < -0.3 is 10.1 Å². The van der Waals surface area contributed by atoms with Gasteiger partial charge in [-0.3, -0.25) is 0 Å². The van der Waals surface area contributed by atoms with Gasteiger partial charge in [0, 0.05) is 16.8 Å². The van der Waals surface area contributed by atoms with Crippen molar-refractivity contribution in [2.75, 3.05) is 11.9 Å². The monoisotopic (exact) mass is 324 g/mol. The van der Waals surface area contributed by atoms with E-state index in [1.165, 1.54) is 11.3 Å². The molecule has 6 heteroatoms. The summed E-state index contributed by atoms with van der Waals surface area (Å²) in [5.41, 5.74) is 1.28. The van der Waals surface area contributed by atoms with E-state index in [1.54, 1.807) is 12.3 Å². The highest BCUT2D eigenvalue weighted by Gasteiger charge is 2.13. The Labute approximate surface area is 133 Å². The van der Waals surface area contributed by atoms with Crippen LogP contribution in [-0.4, -0.2) is 17.6 Å². The lowest BCUT2D eigenvalue weighted by molar-refractivity contribution is 0.0460. The molecule has 0 bridgehead atoms. The summed E-state index contributed by atoms with van der Waals surface area (Å²) < 4.78 is 5.79. The van der Waals surface area contributed by atoms with Crippen molar-refractivity contribution in [1.82, 2.24) is 4.98 Å². The van der Waals surface area contributed by atoms with Crippen molar-refractivity contribution < 1.29 is 9.53 Å². The summed E-state index contributed by atoms with van der Waals surface area (Å²) in [6, 6.07) is 7.31. The van der Waals surface area contributed by atoms with E-state index in [0.717, 1.165) is 10.6 Å². The molecule has 1 heterocycles. The van der Waals surface area contributed by atoms with Crippen LogP contribution in [0.25, 0.3) is 0 Å². The summed E-state index contributed by atoms with van der Waals surface area (Å²) in [7, 11) is 0. The van der Waals surface area contributed by atoms with Gasteiger partial charge in [0.1, 0.15) is 0 Å². The van der Waals surface area contributed by atoms with Crippen molar-refractivity contribution in [3.63, 3.8) is 0 Å². The van der Waals surface area contributed by atoms with E-state index in [1.807, 2.05) is 32.0 Å². The molecule has 0 unspecified atom stereocenters. The number of esters is 1. The van der Waals surface area contributed by atoms with Crippen molar-refractivity contribution in [3.05, 3.63) is 45.4 Å². The van der Waals surface area contributed by atoms with Gasteiger partial charge in [-0.25, -0.2) is 9.78 Å². The van der Waals surface area contributed by atoms with E-state index in [-0.39, 0.29) is 5.97 Å². The van der Waals surface area contributed by atoms with Crippen LogP contribution in [0, 0.1) is 5.92 Å². The van der Waals surface area contributed by atoms with Crippen LogP contribution in [0.4, 0.5) is 5.69 Å². The van der Waals surface area contributed by atoms with Crippen LogP contribution in [0.15, 0.2) is 30.5 Å². The summed E-state index contributed by atoms with van der Waals surface area (Å²) in [5, 5.41) is 3.22. The van der Waals surface area contributed by atoms with Gasteiger partial charge in [-0.05, 0) is 18.1 Å². The smallest absolute Gasteiger partial charge is 0.340 e. The fraction of sp³-hybridized carbons (Fsp3) is 0.333. The van der Waals surface area contributed by atoms with Crippen LogP contribution < -0.4 is 5.32 Å². The van der Waals surface area contributed by atoms with Crippen molar-refractivity contribution >= 4 is 34.6 Å². The number of carbonyl (C=O) groups excluding carboxylic acids is 1. The number of nitrogens with zero attached hydrogens (tertiary/aromatic N) is 1. The zero-order chi connectivity index (χ0) is 15.2. The van der Waals surface area contributed by atoms with Crippen LogP contribution >= 0.6 is 22.9 Å². The van der Waals surface area contributed by atoms with Gasteiger partial charge in [0.25, 0.3) is 0 Å². The second-order valence-electron chi connectivity index (χ2n) is 4.97. The number of thiazole rings is 1. The third kappa shape index (κ3) is 4.72. The summed E-state index contributed by atoms with van der Waals surface area (Å²) in [4.78, 5) is 17.1. The third-order valence-corrected chi connectivity index (χ3v) is 3.79. The molecule has 2 aromatic rings. The Kier molecular flexibility index (Phi) is 5.59. The van der Waals surface area contributed by atoms with E-state index in [2.05, 4.69) is 10.3 Å². The first-order valence-corrected chi connectivity index (χ1v) is 7.86. The minimum Gasteiger partial charge on any atom is -0.462 e. The first-order chi connectivity index (χ1) is 10.1. The quantitative estimate of drug-likeness (QED) is 0.808. The van der Waals surface area contributed by atoms with Crippen LogP contribution in [0.2, 0.25) is 4.47 Å². The van der Waals surface area contributed by atoms with Crippen LogP contribution in [-0.2, 0) is 11.3 Å². The van der Waals surface area contributed by atoms with Crippen molar-refractivity contribution in [2.24, 2.45) is 5.92 Å². The Bertz CT molecular complexity index is 613. The second-order valence-corrected chi connectivity index (χ2v) is 6.67. The zero-order valence-corrected chi connectivity index (χ0v) is 13.5. The number of hydrogen-bond acceptors (Lipinski definition) is 5. The maximum Gasteiger partial charge on any atom is 0.340 e. The molecule has 0 saturated heterocycles. The average molecular weight is 325 g/mol. The van der Waals surface area contributed by atoms with Gasteiger partial charge in [-0.1, -0.05) is 37.6 Å². The largest absolute Gasteiger partial charge is 0.462 e. The lowest BCUT2D eigenvalue weighted by atomic mass is 10.1. The molecule has 1 aromatic heterocycles. The molecule has 0 aliphatic heterocycles. The predicted molar refractivity (Wildman–Crippen MR) is 86.0 cm³/mol. The first kappa shape index (κ1) is 15.8. The highest BCUT2D eigenvalue weighted by molar-refractivity contribution is 7.15. The maximum atomic E-state index is 12.1. The van der Waals surface area contributed by atoms with Gasteiger partial charge in [-0.2, -0.15) is 0 Å². The molecule has 0 radical (unpaired) electrons. The highest BCUT2D eigenvalue weighted by Crippen LogP contribution is 2.21. The molecule has 2 rings (SSSR count). The molecule has 21 heavy (non-hydrogen) atoms. The van der Waals surface area contributed by atoms with Crippen LogP contribution in [0.1, 0.15) is 29.1 Å². The Morgan fingerprint density at radius 3 is 2.86 bits per heavy atom. The number of nitrogens with one attached hydrogen (secondary N) is 1. The SMILES string of the molecule is CC(C)COC(=O)c1ccccc1NCc1cnc(Cl)s1. The predicted octanol–water partition coefficient (Wildman–Crippen LogP) is 4.22. The lowest BCUT2D eigenvalue weighted by Gasteiger charge is -2.12. The van der Waals surface area contributed by atoms with E-state index in [4.69, 9.17) is 16.3 Å². The molecule has 0 saturated carbocycles. The van der Waals surface area contributed by atoms with Crippen molar-refractivity contribution in [2.45, 2.75) is 20.4 Å². The minimum absolute atomic E-state index is 0.311. The molecule has 112 valence electrons. The number of anilines is 1. The Balaban J connectivity index is 2.04. The number of aromatic nitrogens is 1. The first-order valence-electron chi connectivity index (χ1n) is 6.66.